The molecular weight excluding hydrogens is 308 g/mol. The van der Waals surface area contributed by atoms with Crippen LogP contribution in [0.2, 0.25) is 0 Å². The van der Waals surface area contributed by atoms with Gasteiger partial charge in [-0.15, -0.1) is 0 Å². The minimum Gasteiger partial charge on any atom is -0.344 e. The fourth-order valence-electron chi connectivity index (χ4n) is 2.05. The molecule has 5 heteroatoms. The van der Waals surface area contributed by atoms with Crippen LogP contribution in [0.5, 0.6) is 0 Å². The maximum atomic E-state index is 12.4. The van der Waals surface area contributed by atoms with Gasteiger partial charge >= 0.3 is 0 Å². The van der Waals surface area contributed by atoms with Gasteiger partial charge in [0.1, 0.15) is 6.04 Å². The molecule has 2 aromatic rings. The minimum atomic E-state index is -0.554. The zero-order valence-corrected chi connectivity index (χ0v) is 13.8. The van der Waals surface area contributed by atoms with Crippen LogP contribution in [0.4, 0.5) is 5.69 Å². The summed E-state index contributed by atoms with van der Waals surface area (Å²) in [4.78, 5) is 23.7. The molecule has 2 rings (SSSR count). The summed E-state index contributed by atoms with van der Waals surface area (Å²) in [7, 11) is 0. The van der Waals surface area contributed by atoms with Crippen LogP contribution < -0.4 is 10.6 Å². The highest BCUT2D eigenvalue weighted by molar-refractivity contribution is 7.98. The van der Waals surface area contributed by atoms with Crippen LogP contribution in [0.3, 0.4) is 0 Å². The summed E-state index contributed by atoms with van der Waals surface area (Å²) in [5.41, 5.74) is 1.92. The second-order valence-corrected chi connectivity index (χ2v) is 6.14. The maximum Gasteiger partial charge on any atom is 0.247 e. The fourth-order valence-corrected chi connectivity index (χ4v) is 3.06. The monoisotopic (exact) mass is 328 g/mol. The average Bonchev–Trinajstić information content (AvgIpc) is 2.55. The van der Waals surface area contributed by atoms with Crippen LogP contribution in [0.25, 0.3) is 0 Å². The van der Waals surface area contributed by atoms with Crippen molar-refractivity contribution in [3.05, 3.63) is 66.2 Å². The number of amides is 2. The van der Waals surface area contributed by atoms with Crippen molar-refractivity contribution in [3.63, 3.8) is 0 Å². The molecule has 4 nitrogen and oxygen atoms in total. The molecule has 0 aliphatic carbocycles. The molecule has 0 bridgehead atoms. The Morgan fingerprint density at radius 1 is 1.00 bits per heavy atom. The average molecular weight is 328 g/mol. The Hall–Kier alpha value is -2.27. The highest BCUT2D eigenvalue weighted by Gasteiger charge is 2.19. The Morgan fingerprint density at radius 2 is 1.61 bits per heavy atom. The van der Waals surface area contributed by atoms with E-state index >= 15 is 0 Å². The lowest BCUT2D eigenvalue weighted by Gasteiger charge is -2.17. The van der Waals surface area contributed by atoms with Crippen molar-refractivity contribution >= 4 is 29.3 Å². The van der Waals surface area contributed by atoms with Crippen molar-refractivity contribution in [2.45, 2.75) is 18.7 Å². The second kappa shape index (κ2) is 9.00. The number of carbonyl (C=O) groups is 2. The topological polar surface area (TPSA) is 58.2 Å². The molecule has 0 aliphatic heterocycles. The molecule has 0 aliphatic rings. The van der Waals surface area contributed by atoms with E-state index in [4.69, 9.17) is 0 Å². The molecule has 23 heavy (non-hydrogen) atoms. The van der Waals surface area contributed by atoms with Gasteiger partial charge in [-0.1, -0.05) is 48.5 Å². The lowest BCUT2D eigenvalue weighted by Crippen LogP contribution is -2.44. The van der Waals surface area contributed by atoms with Crippen LogP contribution in [-0.4, -0.2) is 23.6 Å². The third-order valence-electron chi connectivity index (χ3n) is 3.13. The Morgan fingerprint density at radius 3 is 2.22 bits per heavy atom. The van der Waals surface area contributed by atoms with E-state index in [0.717, 1.165) is 11.4 Å². The number of anilines is 1. The smallest absolute Gasteiger partial charge is 0.247 e. The fraction of sp³-hybridized carbons (Fsp3) is 0.222. The molecule has 0 saturated carbocycles. The van der Waals surface area contributed by atoms with Gasteiger partial charge in [0.25, 0.3) is 0 Å². The minimum absolute atomic E-state index is 0.202. The van der Waals surface area contributed by atoms with Crippen molar-refractivity contribution in [3.8, 4) is 0 Å². The van der Waals surface area contributed by atoms with Crippen LogP contribution in [0.1, 0.15) is 12.5 Å². The molecule has 2 aromatic carbocycles. The summed E-state index contributed by atoms with van der Waals surface area (Å²) in [5.74, 6) is 0.911. The quantitative estimate of drug-likeness (QED) is 0.821. The highest BCUT2D eigenvalue weighted by Crippen LogP contribution is 2.14. The van der Waals surface area contributed by atoms with Crippen molar-refractivity contribution in [1.29, 1.82) is 0 Å². The lowest BCUT2D eigenvalue weighted by atomic mass is 10.2. The predicted molar refractivity (Wildman–Crippen MR) is 95.3 cm³/mol. The van der Waals surface area contributed by atoms with Gasteiger partial charge in [-0.3, -0.25) is 9.59 Å². The lowest BCUT2D eigenvalue weighted by molar-refractivity contribution is -0.124. The molecular formula is C18H20N2O2S. The Balaban J connectivity index is 1.90. The molecule has 2 amide bonds. The zero-order valence-electron chi connectivity index (χ0n) is 13.0. The number of hydrogen-bond donors (Lipinski definition) is 2. The van der Waals surface area contributed by atoms with E-state index in [9.17, 15) is 9.59 Å². The predicted octanol–water partition coefficient (Wildman–Crippen LogP) is 3.06. The Bertz CT molecular complexity index is 632. The molecule has 0 heterocycles. The molecule has 0 saturated heterocycles. The molecule has 0 spiro atoms. The van der Waals surface area contributed by atoms with Crippen LogP contribution in [0.15, 0.2) is 60.7 Å². The summed E-state index contributed by atoms with van der Waals surface area (Å²) < 4.78 is 0. The Labute approximate surface area is 140 Å². The highest BCUT2D eigenvalue weighted by atomic mass is 32.2. The Kier molecular flexibility index (Phi) is 6.69. The number of para-hydroxylation sites is 1. The van der Waals surface area contributed by atoms with Crippen LogP contribution in [-0.2, 0) is 15.3 Å². The summed E-state index contributed by atoms with van der Waals surface area (Å²) in [5, 5.41) is 5.54. The number of thioether (sulfide) groups is 1. The van der Waals surface area contributed by atoms with Gasteiger partial charge < -0.3 is 10.6 Å². The largest absolute Gasteiger partial charge is 0.344 e. The van der Waals surface area contributed by atoms with Crippen molar-refractivity contribution < 1.29 is 9.59 Å². The van der Waals surface area contributed by atoms with Crippen LogP contribution >= 0.6 is 11.8 Å². The standard InChI is InChI=1S/C18H20N2O2S/c1-14(21)19-17(13-23-12-15-8-4-2-5-9-15)18(22)20-16-10-6-3-7-11-16/h2-11,17H,12-13H2,1H3,(H,19,21)(H,20,22)/t17-/m0/s1. The molecule has 0 fully saturated rings. The zero-order chi connectivity index (χ0) is 16.5. The third kappa shape index (κ3) is 6.16. The van der Waals surface area contributed by atoms with E-state index in [-0.39, 0.29) is 11.8 Å². The van der Waals surface area contributed by atoms with Gasteiger partial charge in [-0.05, 0) is 17.7 Å². The molecule has 0 unspecified atom stereocenters. The first-order chi connectivity index (χ1) is 11.1. The summed E-state index contributed by atoms with van der Waals surface area (Å²) in [6.07, 6.45) is 0. The summed E-state index contributed by atoms with van der Waals surface area (Å²) in [6, 6.07) is 18.7. The number of benzene rings is 2. The van der Waals surface area contributed by atoms with E-state index in [2.05, 4.69) is 10.6 Å². The van der Waals surface area contributed by atoms with E-state index < -0.39 is 6.04 Å². The first-order valence-corrected chi connectivity index (χ1v) is 8.55. The van der Waals surface area contributed by atoms with Crippen molar-refractivity contribution in [1.82, 2.24) is 5.32 Å². The first kappa shape index (κ1) is 17.1. The first-order valence-electron chi connectivity index (χ1n) is 7.40. The summed E-state index contributed by atoms with van der Waals surface area (Å²) in [6.45, 7) is 1.42. The van der Waals surface area contributed by atoms with Crippen molar-refractivity contribution in [2.75, 3.05) is 11.1 Å². The van der Waals surface area contributed by atoms with E-state index in [1.807, 2.05) is 60.7 Å². The normalized spacial score (nSPS) is 11.5. The summed E-state index contributed by atoms with van der Waals surface area (Å²) >= 11 is 1.62. The van der Waals surface area contributed by atoms with Gasteiger partial charge in [-0.25, -0.2) is 0 Å². The number of rotatable bonds is 7. The molecule has 120 valence electrons. The molecule has 2 N–H and O–H groups in total. The van der Waals surface area contributed by atoms with Crippen molar-refractivity contribution in [2.24, 2.45) is 0 Å². The van der Waals surface area contributed by atoms with Crippen LogP contribution in [0, 0.1) is 0 Å². The SMILES string of the molecule is CC(=O)N[C@@H](CSCc1ccccc1)C(=O)Nc1ccccc1. The van der Waals surface area contributed by atoms with Gasteiger partial charge in [0, 0.05) is 24.1 Å². The van der Waals surface area contributed by atoms with E-state index in [1.54, 1.807) is 11.8 Å². The number of hydrogen-bond acceptors (Lipinski definition) is 3. The van der Waals surface area contributed by atoms with Gasteiger partial charge in [0.15, 0.2) is 0 Å². The number of carbonyl (C=O) groups excluding carboxylic acids is 2. The van der Waals surface area contributed by atoms with E-state index in [0.29, 0.717) is 5.75 Å². The molecule has 0 aromatic heterocycles. The maximum absolute atomic E-state index is 12.4. The molecule has 0 radical (unpaired) electrons. The van der Waals surface area contributed by atoms with Gasteiger partial charge in [-0.2, -0.15) is 11.8 Å². The third-order valence-corrected chi connectivity index (χ3v) is 4.24. The molecule has 1 atom stereocenters. The number of nitrogens with one attached hydrogen (secondary N) is 2. The second-order valence-electron chi connectivity index (χ2n) is 5.11. The van der Waals surface area contributed by atoms with Gasteiger partial charge in [0.05, 0.1) is 0 Å². The van der Waals surface area contributed by atoms with Gasteiger partial charge in [0.2, 0.25) is 11.8 Å². The van der Waals surface area contributed by atoms with E-state index in [1.165, 1.54) is 12.5 Å².